The highest BCUT2D eigenvalue weighted by Gasteiger charge is 2.39. The molecule has 0 bridgehead atoms. The Kier molecular flexibility index (Phi) is 3.75. The third-order valence-electron chi connectivity index (χ3n) is 2.94. The van der Waals surface area contributed by atoms with E-state index in [1.165, 1.54) is 0 Å². The van der Waals surface area contributed by atoms with Crippen molar-refractivity contribution in [2.45, 2.75) is 38.9 Å². The Balaban J connectivity index is 2.35. The number of hydrogen-bond acceptors (Lipinski definition) is 5. The van der Waals surface area contributed by atoms with Gasteiger partial charge in [-0.05, 0) is 43.6 Å². The fraction of sp³-hybridized carbons (Fsp3) is 0.692. The van der Waals surface area contributed by atoms with Crippen LogP contribution in [-0.2, 0) is 4.74 Å². The van der Waals surface area contributed by atoms with Gasteiger partial charge < -0.3 is 15.0 Å². The minimum Gasteiger partial charge on any atom is -0.366 e. The molecule has 0 atom stereocenters. The van der Waals surface area contributed by atoms with Crippen LogP contribution in [-0.4, -0.2) is 41.3 Å². The topological polar surface area (TPSA) is 50.3 Å². The second kappa shape index (κ2) is 4.90. The third kappa shape index (κ3) is 3.36. The molecular weight excluding hydrogens is 308 g/mol. The molecule has 0 saturated carbocycles. The van der Waals surface area contributed by atoms with Crippen LogP contribution in [0, 0.1) is 0 Å². The number of anilines is 2. The van der Waals surface area contributed by atoms with Crippen molar-refractivity contribution in [3.63, 3.8) is 0 Å². The molecule has 1 aromatic heterocycles. The normalized spacial score (nSPS) is 21.3. The summed E-state index contributed by atoms with van der Waals surface area (Å²) >= 11 is 3.53. The Morgan fingerprint density at radius 2 is 1.84 bits per heavy atom. The maximum absolute atomic E-state index is 6.09. The highest BCUT2D eigenvalue weighted by Crippen LogP contribution is 2.33. The molecule has 0 amide bonds. The molecule has 19 heavy (non-hydrogen) atoms. The van der Waals surface area contributed by atoms with Crippen LogP contribution in [0.25, 0.3) is 0 Å². The van der Waals surface area contributed by atoms with Crippen molar-refractivity contribution < 1.29 is 4.74 Å². The van der Waals surface area contributed by atoms with Gasteiger partial charge >= 0.3 is 0 Å². The third-order valence-corrected chi connectivity index (χ3v) is 3.50. The molecule has 6 heteroatoms. The summed E-state index contributed by atoms with van der Waals surface area (Å²) in [6.07, 6.45) is 1.78. The van der Waals surface area contributed by atoms with E-state index >= 15 is 0 Å². The predicted octanol–water partition coefficient (Wildman–Crippen LogP) is 2.67. The van der Waals surface area contributed by atoms with Crippen molar-refractivity contribution in [1.82, 2.24) is 9.97 Å². The molecule has 2 heterocycles. The average Bonchev–Trinajstić information content (AvgIpc) is 2.25. The standard InChI is InChI=1S/C13H21BrN4O/c1-12(2)7-18(8-13(3,4)19-12)10-9(14)6-16-11(15-5)17-10/h6H,7-8H2,1-5H3,(H,15,16,17). The van der Waals surface area contributed by atoms with Crippen LogP contribution in [0.5, 0.6) is 0 Å². The lowest BCUT2D eigenvalue weighted by Crippen LogP contribution is -2.57. The first-order chi connectivity index (χ1) is 8.72. The zero-order chi connectivity index (χ0) is 14.3. The lowest BCUT2D eigenvalue weighted by Gasteiger charge is -2.47. The predicted molar refractivity (Wildman–Crippen MR) is 80.7 cm³/mol. The fourth-order valence-electron chi connectivity index (χ4n) is 2.64. The molecule has 0 unspecified atom stereocenters. The summed E-state index contributed by atoms with van der Waals surface area (Å²) < 4.78 is 7.00. The number of nitrogens with zero attached hydrogens (tertiary/aromatic N) is 3. The number of ether oxygens (including phenoxy) is 1. The van der Waals surface area contributed by atoms with Crippen LogP contribution in [0.1, 0.15) is 27.7 Å². The number of rotatable bonds is 2. The first-order valence-corrected chi connectivity index (χ1v) is 7.17. The minimum atomic E-state index is -0.202. The molecule has 0 radical (unpaired) electrons. The van der Waals surface area contributed by atoms with Crippen LogP contribution < -0.4 is 10.2 Å². The van der Waals surface area contributed by atoms with Crippen molar-refractivity contribution in [2.24, 2.45) is 0 Å². The maximum Gasteiger partial charge on any atom is 0.224 e. The zero-order valence-corrected chi connectivity index (χ0v) is 13.7. The van der Waals surface area contributed by atoms with Crippen molar-refractivity contribution in [3.8, 4) is 0 Å². The molecule has 1 aliphatic heterocycles. The van der Waals surface area contributed by atoms with Gasteiger partial charge in [-0.2, -0.15) is 4.98 Å². The average molecular weight is 329 g/mol. The zero-order valence-electron chi connectivity index (χ0n) is 12.1. The van der Waals surface area contributed by atoms with E-state index in [1.54, 1.807) is 6.20 Å². The summed E-state index contributed by atoms with van der Waals surface area (Å²) in [5.74, 6) is 1.53. The van der Waals surface area contributed by atoms with Crippen molar-refractivity contribution in [2.75, 3.05) is 30.4 Å². The highest BCUT2D eigenvalue weighted by atomic mass is 79.9. The summed E-state index contributed by atoms with van der Waals surface area (Å²) in [5, 5.41) is 2.97. The second-order valence-corrected chi connectivity index (χ2v) is 6.95. The second-order valence-electron chi connectivity index (χ2n) is 6.09. The van der Waals surface area contributed by atoms with E-state index in [4.69, 9.17) is 4.74 Å². The van der Waals surface area contributed by atoms with Gasteiger partial charge in [0.2, 0.25) is 5.95 Å². The van der Waals surface area contributed by atoms with Crippen molar-refractivity contribution in [1.29, 1.82) is 0 Å². The van der Waals surface area contributed by atoms with E-state index in [-0.39, 0.29) is 11.2 Å². The molecule has 0 aromatic carbocycles. The summed E-state index contributed by atoms with van der Waals surface area (Å²) in [4.78, 5) is 11.0. The van der Waals surface area contributed by atoms with Gasteiger partial charge in [0.1, 0.15) is 5.82 Å². The van der Waals surface area contributed by atoms with E-state index in [1.807, 2.05) is 7.05 Å². The van der Waals surface area contributed by atoms with Crippen LogP contribution in [0.4, 0.5) is 11.8 Å². The Morgan fingerprint density at radius 1 is 1.26 bits per heavy atom. The SMILES string of the molecule is CNc1ncc(Br)c(N2CC(C)(C)OC(C)(C)C2)n1. The Morgan fingerprint density at radius 3 is 2.37 bits per heavy atom. The lowest BCUT2D eigenvalue weighted by atomic mass is 9.99. The maximum atomic E-state index is 6.09. The van der Waals surface area contributed by atoms with Gasteiger partial charge in [-0.1, -0.05) is 0 Å². The van der Waals surface area contributed by atoms with Gasteiger partial charge in [-0.3, -0.25) is 0 Å². The van der Waals surface area contributed by atoms with E-state index in [0.29, 0.717) is 5.95 Å². The Bertz CT molecular complexity index is 460. The van der Waals surface area contributed by atoms with Gasteiger partial charge in [0.15, 0.2) is 0 Å². The molecule has 1 N–H and O–H groups in total. The lowest BCUT2D eigenvalue weighted by molar-refractivity contribution is -0.133. The van der Waals surface area contributed by atoms with Gasteiger partial charge in [0.05, 0.1) is 15.7 Å². The Hall–Kier alpha value is -0.880. The first kappa shape index (κ1) is 14.5. The molecule has 1 aliphatic rings. The van der Waals surface area contributed by atoms with E-state index < -0.39 is 0 Å². The van der Waals surface area contributed by atoms with Crippen LogP contribution in [0.15, 0.2) is 10.7 Å². The summed E-state index contributed by atoms with van der Waals surface area (Å²) in [7, 11) is 1.82. The number of aromatic nitrogens is 2. The number of morpholine rings is 1. The quantitative estimate of drug-likeness (QED) is 0.904. The Labute approximate surface area is 122 Å². The van der Waals surface area contributed by atoms with E-state index in [9.17, 15) is 0 Å². The van der Waals surface area contributed by atoms with E-state index in [2.05, 4.69) is 63.8 Å². The fourth-order valence-corrected chi connectivity index (χ4v) is 3.08. The first-order valence-electron chi connectivity index (χ1n) is 6.38. The molecular formula is C13H21BrN4O. The molecule has 5 nitrogen and oxygen atoms in total. The minimum absolute atomic E-state index is 0.202. The van der Waals surface area contributed by atoms with Gasteiger partial charge in [0, 0.05) is 26.3 Å². The molecule has 1 aromatic rings. The van der Waals surface area contributed by atoms with Gasteiger partial charge in [-0.25, -0.2) is 4.98 Å². The monoisotopic (exact) mass is 328 g/mol. The summed E-state index contributed by atoms with van der Waals surface area (Å²) in [6, 6.07) is 0. The van der Waals surface area contributed by atoms with Crippen LogP contribution in [0.2, 0.25) is 0 Å². The van der Waals surface area contributed by atoms with Crippen molar-refractivity contribution >= 4 is 27.7 Å². The number of halogens is 1. The molecule has 106 valence electrons. The molecule has 2 rings (SSSR count). The molecule has 0 aliphatic carbocycles. The number of hydrogen-bond donors (Lipinski definition) is 1. The molecule has 1 fully saturated rings. The van der Waals surface area contributed by atoms with Gasteiger partial charge in [0.25, 0.3) is 0 Å². The summed E-state index contributed by atoms with van der Waals surface area (Å²) in [6.45, 7) is 10.0. The van der Waals surface area contributed by atoms with Crippen LogP contribution >= 0.6 is 15.9 Å². The number of nitrogens with one attached hydrogen (secondary N) is 1. The highest BCUT2D eigenvalue weighted by molar-refractivity contribution is 9.10. The molecule has 0 spiro atoms. The smallest absolute Gasteiger partial charge is 0.224 e. The molecule has 1 saturated heterocycles. The summed E-state index contributed by atoms with van der Waals surface area (Å²) in [5.41, 5.74) is -0.405. The van der Waals surface area contributed by atoms with E-state index in [0.717, 1.165) is 23.4 Å². The van der Waals surface area contributed by atoms with Crippen molar-refractivity contribution in [3.05, 3.63) is 10.7 Å². The largest absolute Gasteiger partial charge is 0.366 e. The van der Waals surface area contributed by atoms with Gasteiger partial charge in [-0.15, -0.1) is 0 Å². The van der Waals surface area contributed by atoms with Crippen LogP contribution in [0.3, 0.4) is 0 Å².